The van der Waals surface area contributed by atoms with Crippen molar-refractivity contribution >= 4 is 11.9 Å². The second-order valence-electron chi connectivity index (χ2n) is 5.63. The lowest BCUT2D eigenvalue weighted by atomic mass is 9.94. The van der Waals surface area contributed by atoms with Gasteiger partial charge in [0, 0.05) is 12.0 Å². The van der Waals surface area contributed by atoms with Crippen molar-refractivity contribution in [2.24, 2.45) is 11.3 Å². The fourth-order valence-corrected chi connectivity index (χ4v) is 1.50. The van der Waals surface area contributed by atoms with Gasteiger partial charge in [-0.15, -0.1) is 0 Å². The van der Waals surface area contributed by atoms with E-state index in [0.717, 1.165) is 0 Å². The van der Waals surface area contributed by atoms with E-state index >= 15 is 0 Å². The first-order valence-electron chi connectivity index (χ1n) is 6.13. The number of carbonyl (C=O) groups is 2. The maximum atomic E-state index is 12.2. The van der Waals surface area contributed by atoms with Gasteiger partial charge in [0.05, 0.1) is 6.61 Å². The zero-order chi connectivity index (χ0) is 13.6. The van der Waals surface area contributed by atoms with Crippen LogP contribution < -0.4 is 0 Å². The van der Waals surface area contributed by atoms with Gasteiger partial charge in [0.25, 0.3) is 0 Å². The molecule has 4 nitrogen and oxygen atoms in total. The standard InChI is InChI=1S/C13H25NO3/c1-7-17-11(15)9-14(8-10(2)3)12(16)13(4,5)6/h10H,7-9H2,1-6H3. The quantitative estimate of drug-likeness (QED) is 0.694. The molecule has 0 fully saturated rings. The van der Waals surface area contributed by atoms with E-state index in [0.29, 0.717) is 19.1 Å². The molecule has 0 aromatic carbocycles. The first-order valence-corrected chi connectivity index (χ1v) is 6.13. The monoisotopic (exact) mass is 243 g/mol. The van der Waals surface area contributed by atoms with E-state index in [9.17, 15) is 9.59 Å². The highest BCUT2D eigenvalue weighted by atomic mass is 16.5. The van der Waals surface area contributed by atoms with Crippen LogP contribution in [-0.4, -0.2) is 36.5 Å². The number of esters is 1. The first-order chi connectivity index (χ1) is 7.68. The Balaban J connectivity index is 4.65. The molecule has 17 heavy (non-hydrogen) atoms. The third-order valence-electron chi connectivity index (χ3n) is 2.14. The Labute approximate surface area is 104 Å². The van der Waals surface area contributed by atoms with Crippen molar-refractivity contribution in [1.29, 1.82) is 0 Å². The highest BCUT2D eigenvalue weighted by molar-refractivity contribution is 5.85. The van der Waals surface area contributed by atoms with Gasteiger partial charge in [-0.3, -0.25) is 9.59 Å². The van der Waals surface area contributed by atoms with E-state index in [2.05, 4.69) is 0 Å². The predicted molar refractivity (Wildman–Crippen MR) is 67.5 cm³/mol. The second-order valence-corrected chi connectivity index (χ2v) is 5.63. The largest absolute Gasteiger partial charge is 0.465 e. The maximum Gasteiger partial charge on any atom is 0.325 e. The lowest BCUT2D eigenvalue weighted by Crippen LogP contribution is -2.44. The fraction of sp³-hybridized carbons (Fsp3) is 0.846. The minimum atomic E-state index is -0.471. The second kappa shape index (κ2) is 6.62. The molecule has 0 bridgehead atoms. The van der Waals surface area contributed by atoms with Gasteiger partial charge in [-0.05, 0) is 12.8 Å². The SMILES string of the molecule is CCOC(=O)CN(CC(C)C)C(=O)C(C)(C)C. The molecule has 0 atom stereocenters. The number of rotatable bonds is 5. The van der Waals surface area contributed by atoms with Crippen LogP contribution in [-0.2, 0) is 14.3 Å². The van der Waals surface area contributed by atoms with Crippen LogP contribution in [0.25, 0.3) is 0 Å². The summed E-state index contributed by atoms with van der Waals surface area (Å²) in [6, 6.07) is 0. The molecule has 0 aliphatic rings. The summed E-state index contributed by atoms with van der Waals surface area (Å²) in [6.07, 6.45) is 0. The van der Waals surface area contributed by atoms with Crippen LogP contribution >= 0.6 is 0 Å². The fourth-order valence-electron chi connectivity index (χ4n) is 1.50. The van der Waals surface area contributed by atoms with Gasteiger partial charge < -0.3 is 9.64 Å². The zero-order valence-corrected chi connectivity index (χ0v) is 11.9. The van der Waals surface area contributed by atoms with E-state index in [4.69, 9.17) is 4.74 Å². The average Bonchev–Trinajstić information content (AvgIpc) is 2.13. The summed E-state index contributed by atoms with van der Waals surface area (Å²) in [5.41, 5.74) is -0.471. The lowest BCUT2D eigenvalue weighted by molar-refractivity contribution is -0.152. The van der Waals surface area contributed by atoms with Gasteiger partial charge in [-0.1, -0.05) is 34.6 Å². The Morgan fingerprint density at radius 3 is 2.12 bits per heavy atom. The molecule has 4 heteroatoms. The highest BCUT2D eigenvalue weighted by Crippen LogP contribution is 2.18. The first kappa shape index (κ1) is 15.9. The van der Waals surface area contributed by atoms with Crippen molar-refractivity contribution < 1.29 is 14.3 Å². The number of ether oxygens (including phenoxy) is 1. The molecule has 0 saturated carbocycles. The van der Waals surface area contributed by atoms with Crippen LogP contribution in [0.5, 0.6) is 0 Å². The summed E-state index contributed by atoms with van der Waals surface area (Å²) in [4.78, 5) is 25.2. The van der Waals surface area contributed by atoms with Crippen LogP contribution in [0.1, 0.15) is 41.5 Å². The molecule has 0 aliphatic carbocycles. The highest BCUT2D eigenvalue weighted by Gasteiger charge is 2.29. The molecule has 0 N–H and O–H groups in total. The Hall–Kier alpha value is -1.06. The molecule has 0 heterocycles. The number of hydrogen-bond acceptors (Lipinski definition) is 3. The molecule has 0 spiro atoms. The Kier molecular flexibility index (Phi) is 6.21. The summed E-state index contributed by atoms with van der Waals surface area (Å²) in [5.74, 6) is -0.0271. The molecule has 0 aromatic rings. The third-order valence-corrected chi connectivity index (χ3v) is 2.14. The summed E-state index contributed by atoms with van der Waals surface area (Å²) in [7, 11) is 0. The van der Waals surface area contributed by atoms with Crippen molar-refractivity contribution in [3.63, 3.8) is 0 Å². The molecule has 1 amide bonds. The van der Waals surface area contributed by atoms with Gasteiger partial charge in [-0.2, -0.15) is 0 Å². The Morgan fingerprint density at radius 1 is 1.24 bits per heavy atom. The third kappa shape index (κ3) is 6.29. The maximum absolute atomic E-state index is 12.2. The van der Waals surface area contributed by atoms with Crippen molar-refractivity contribution in [3.05, 3.63) is 0 Å². The van der Waals surface area contributed by atoms with Gasteiger partial charge in [0.1, 0.15) is 6.54 Å². The lowest BCUT2D eigenvalue weighted by Gasteiger charge is -2.30. The Morgan fingerprint density at radius 2 is 1.76 bits per heavy atom. The van der Waals surface area contributed by atoms with E-state index < -0.39 is 5.41 Å². The summed E-state index contributed by atoms with van der Waals surface area (Å²) in [5, 5.41) is 0. The molecule has 0 aromatic heterocycles. The van der Waals surface area contributed by atoms with Gasteiger partial charge >= 0.3 is 5.97 Å². The summed E-state index contributed by atoms with van der Waals surface area (Å²) >= 11 is 0. The number of amides is 1. The molecule has 0 saturated heterocycles. The minimum Gasteiger partial charge on any atom is -0.465 e. The molecular formula is C13H25NO3. The predicted octanol–water partition coefficient (Wildman–Crippen LogP) is 2.08. The van der Waals surface area contributed by atoms with Gasteiger partial charge in [0.15, 0.2) is 0 Å². The average molecular weight is 243 g/mol. The molecule has 0 aliphatic heterocycles. The van der Waals surface area contributed by atoms with E-state index in [1.54, 1.807) is 11.8 Å². The molecule has 100 valence electrons. The van der Waals surface area contributed by atoms with Crippen LogP contribution in [0.2, 0.25) is 0 Å². The van der Waals surface area contributed by atoms with Crippen molar-refractivity contribution in [2.75, 3.05) is 19.7 Å². The van der Waals surface area contributed by atoms with Gasteiger partial charge in [-0.25, -0.2) is 0 Å². The summed E-state index contributed by atoms with van der Waals surface area (Å²) < 4.78 is 4.88. The Bertz CT molecular complexity index is 266. The van der Waals surface area contributed by atoms with Crippen LogP contribution in [0, 0.1) is 11.3 Å². The van der Waals surface area contributed by atoms with E-state index in [-0.39, 0.29) is 18.4 Å². The molecule has 0 radical (unpaired) electrons. The molecule has 0 unspecified atom stereocenters. The molecule has 0 rings (SSSR count). The van der Waals surface area contributed by atoms with E-state index in [1.165, 1.54) is 0 Å². The topological polar surface area (TPSA) is 46.6 Å². The van der Waals surface area contributed by atoms with E-state index in [1.807, 2.05) is 34.6 Å². The smallest absolute Gasteiger partial charge is 0.325 e. The van der Waals surface area contributed by atoms with Crippen LogP contribution in [0.15, 0.2) is 0 Å². The van der Waals surface area contributed by atoms with Crippen LogP contribution in [0.3, 0.4) is 0 Å². The number of carbonyl (C=O) groups excluding carboxylic acids is 2. The number of nitrogens with zero attached hydrogens (tertiary/aromatic N) is 1. The normalized spacial score (nSPS) is 11.5. The van der Waals surface area contributed by atoms with Crippen molar-refractivity contribution in [1.82, 2.24) is 4.90 Å². The number of hydrogen-bond donors (Lipinski definition) is 0. The van der Waals surface area contributed by atoms with Crippen molar-refractivity contribution in [3.8, 4) is 0 Å². The summed E-state index contributed by atoms with van der Waals surface area (Å²) in [6.45, 7) is 12.3. The van der Waals surface area contributed by atoms with Crippen molar-refractivity contribution in [2.45, 2.75) is 41.5 Å². The molecular weight excluding hydrogens is 218 g/mol. The zero-order valence-electron chi connectivity index (χ0n) is 11.9. The van der Waals surface area contributed by atoms with Crippen LogP contribution in [0.4, 0.5) is 0 Å². The van der Waals surface area contributed by atoms with Gasteiger partial charge in [0.2, 0.25) is 5.91 Å². The minimum absolute atomic E-state index is 0.0146.